The minimum Gasteiger partial charge on any atom is -0.479 e. The average Bonchev–Trinajstić information content (AvgIpc) is 2.82. The van der Waals surface area contributed by atoms with E-state index in [0.29, 0.717) is 5.56 Å². The maximum Gasteiger partial charge on any atom is 0.573 e. The molecule has 1 heterocycles. The van der Waals surface area contributed by atoms with Crippen molar-refractivity contribution in [1.82, 2.24) is 9.55 Å². The first kappa shape index (κ1) is 16.7. The van der Waals surface area contributed by atoms with Crippen molar-refractivity contribution in [1.29, 1.82) is 0 Å². The summed E-state index contributed by atoms with van der Waals surface area (Å²) in [5.74, 6) is -0.825. The summed E-state index contributed by atoms with van der Waals surface area (Å²) in [4.78, 5) is 15.9. The van der Waals surface area contributed by atoms with E-state index in [0.717, 1.165) is 6.07 Å². The van der Waals surface area contributed by atoms with Gasteiger partial charge in [-0.1, -0.05) is 12.1 Å². The van der Waals surface area contributed by atoms with Crippen molar-refractivity contribution in [3.05, 3.63) is 30.0 Å². The van der Waals surface area contributed by atoms with Crippen molar-refractivity contribution < 1.29 is 32.2 Å². The Morgan fingerprint density at radius 2 is 1.96 bits per heavy atom. The first-order chi connectivity index (χ1) is 10.8. The van der Waals surface area contributed by atoms with Crippen molar-refractivity contribution in [3.8, 4) is 23.0 Å². The zero-order valence-corrected chi connectivity index (χ0v) is 12.5. The molecule has 0 N–H and O–H groups in total. The van der Waals surface area contributed by atoms with Crippen molar-refractivity contribution in [2.45, 2.75) is 6.36 Å². The second-order valence-corrected chi connectivity index (χ2v) is 4.42. The largest absolute Gasteiger partial charge is 0.573 e. The fourth-order valence-corrected chi connectivity index (χ4v) is 2.03. The maximum atomic E-state index is 12.3. The minimum atomic E-state index is -4.80. The lowest BCUT2D eigenvalue weighted by atomic mass is 10.2. The number of esters is 1. The fraction of sp³-hybridized carbons (Fsp3) is 0.286. The Bertz CT molecular complexity index is 725. The van der Waals surface area contributed by atoms with Crippen LogP contribution in [0.4, 0.5) is 13.2 Å². The fourth-order valence-electron chi connectivity index (χ4n) is 2.03. The molecule has 9 heteroatoms. The van der Waals surface area contributed by atoms with E-state index in [9.17, 15) is 18.0 Å². The summed E-state index contributed by atoms with van der Waals surface area (Å²) >= 11 is 0. The second kappa shape index (κ2) is 6.19. The molecule has 2 aromatic rings. The van der Waals surface area contributed by atoms with Crippen molar-refractivity contribution in [2.24, 2.45) is 7.05 Å². The van der Waals surface area contributed by atoms with Gasteiger partial charge in [0.2, 0.25) is 5.88 Å². The molecular weight excluding hydrogens is 317 g/mol. The molecule has 0 aliphatic carbocycles. The van der Waals surface area contributed by atoms with Crippen LogP contribution in [0.1, 0.15) is 10.5 Å². The van der Waals surface area contributed by atoms with Gasteiger partial charge in [-0.3, -0.25) is 0 Å². The van der Waals surface area contributed by atoms with Gasteiger partial charge < -0.3 is 18.8 Å². The van der Waals surface area contributed by atoms with Gasteiger partial charge in [0.15, 0.2) is 5.69 Å². The molecule has 0 radical (unpaired) electrons. The van der Waals surface area contributed by atoms with E-state index < -0.39 is 18.1 Å². The number of methoxy groups -OCH3 is 2. The smallest absolute Gasteiger partial charge is 0.479 e. The topological polar surface area (TPSA) is 62.6 Å². The van der Waals surface area contributed by atoms with E-state index in [4.69, 9.17) is 4.74 Å². The van der Waals surface area contributed by atoms with Gasteiger partial charge in [-0.2, -0.15) is 4.98 Å². The number of rotatable bonds is 4. The Hall–Kier alpha value is -2.71. The lowest BCUT2D eigenvalue weighted by Crippen LogP contribution is -2.17. The van der Waals surface area contributed by atoms with Crippen LogP contribution >= 0.6 is 0 Å². The van der Waals surface area contributed by atoms with E-state index in [-0.39, 0.29) is 17.4 Å². The zero-order valence-electron chi connectivity index (χ0n) is 12.5. The van der Waals surface area contributed by atoms with Crippen LogP contribution in [0.3, 0.4) is 0 Å². The van der Waals surface area contributed by atoms with Crippen molar-refractivity contribution in [2.75, 3.05) is 14.2 Å². The van der Waals surface area contributed by atoms with Gasteiger partial charge in [0, 0.05) is 12.6 Å². The van der Waals surface area contributed by atoms with E-state index in [1.807, 2.05) is 0 Å². The van der Waals surface area contributed by atoms with Crippen LogP contribution in [-0.2, 0) is 11.8 Å². The number of aromatic nitrogens is 2. The summed E-state index contributed by atoms with van der Waals surface area (Å²) in [6, 6.07) is 5.25. The third-order valence-electron chi connectivity index (χ3n) is 2.96. The number of alkyl halides is 3. The van der Waals surface area contributed by atoms with Crippen LogP contribution in [0.15, 0.2) is 24.3 Å². The third kappa shape index (κ3) is 3.55. The predicted octanol–water partition coefficient (Wildman–Crippen LogP) is 2.78. The Labute approximate surface area is 129 Å². The van der Waals surface area contributed by atoms with E-state index in [1.165, 1.54) is 44.0 Å². The Morgan fingerprint density at radius 1 is 1.26 bits per heavy atom. The highest BCUT2D eigenvalue weighted by atomic mass is 19.4. The number of ether oxygens (including phenoxy) is 3. The quantitative estimate of drug-likeness (QED) is 0.807. The summed E-state index contributed by atoms with van der Waals surface area (Å²) in [6.45, 7) is 0. The molecule has 2 rings (SSSR count). The highest BCUT2D eigenvalue weighted by Crippen LogP contribution is 2.30. The molecular formula is C14H13F3N2O4. The SMILES string of the molecule is COC(=O)c1c(OC)nc(-c2cccc(OC(F)(F)F)c2)n1C. The van der Waals surface area contributed by atoms with Crippen LogP contribution in [0, 0.1) is 0 Å². The van der Waals surface area contributed by atoms with Crippen LogP contribution in [0.25, 0.3) is 11.4 Å². The number of hydrogen-bond acceptors (Lipinski definition) is 5. The molecule has 0 bridgehead atoms. The molecule has 6 nitrogen and oxygen atoms in total. The Balaban J connectivity index is 2.49. The molecule has 0 aliphatic heterocycles. The molecule has 0 aliphatic rings. The lowest BCUT2D eigenvalue weighted by Gasteiger charge is -2.10. The van der Waals surface area contributed by atoms with Crippen molar-refractivity contribution >= 4 is 5.97 Å². The monoisotopic (exact) mass is 330 g/mol. The summed E-state index contributed by atoms with van der Waals surface area (Å²) in [5.41, 5.74) is 0.370. The van der Waals surface area contributed by atoms with Crippen LogP contribution in [-0.4, -0.2) is 36.1 Å². The van der Waals surface area contributed by atoms with Crippen LogP contribution < -0.4 is 9.47 Å². The van der Waals surface area contributed by atoms with Gasteiger partial charge in [-0.05, 0) is 12.1 Å². The number of imidazole rings is 1. The molecule has 0 amide bonds. The van der Waals surface area contributed by atoms with Gasteiger partial charge in [0.1, 0.15) is 11.6 Å². The van der Waals surface area contributed by atoms with E-state index >= 15 is 0 Å². The molecule has 0 fully saturated rings. The molecule has 0 saturated carbocycles. The van der Waals surface area contributed by atoms with Gasteiger partial charge in [-0.15, -0.1) is 13.2 Å². The third-order valence-corrected chi connectivity index (χ3v) is 2.96. The number of benzene rings is 1. The van der Waals surface area contributed by atoms with Crippen molar-refractivity contribution in [3.63, 3.8) is 0 Å². The maximum absolute atomic E-state index is 12.3. The Kier molecular flexibility index (Phi) is 4.48. The summed E-state index contributed by atoms with van der Waals surface area (Å²) in [6.07, 6.45) is -4.80. The molecule has 0 saturated heterocycles. The van der Waals surface area contributed by atoms with E-state index in [2.05, 4.69) is 14.5 Å². The number of hydrogen-bond donors (Lipinski definition) is 0. The second-order valence-electron chi connectivity index (χ2n) is 4.42. The first-order valence-corrected chi connectivity index (χ1v) is 6.32. The van der Waals surface area contributed by atoms with Crippen LogP contribution in [0.2, 0.25) is 0 Å². The van der Waals surface area contributed by atoms with Gasteiger partial charge in [0.25, 0.3) is 0 Å². The molecule has 23 heavy (non-hydrogen) atoms. The molecule has 124 valence electrons. The van der Waals surface area contributed by atoms with Gasteiger partial charge in [0.05, 0.1) is 14.2 Å². The zero-order chi connectivity index (χ0) is 17.2. The van der Waals surface area contributed by atoms with E-state index in [1.54, 1.807) is 0 Å². The van der Waals surface area contributed by atoms with Crippen LogP contribution in [0.5, 0.6) is 11.6 Å². The van der Waals surface area contributed by atoms with Gasteiger partial charge >= 0.3 is 12.3 Å². The number of carbonyl (C=O) groups is 1. The average molecular weight is 330 g/mol. The molecule has 0 unspecified atom stereocenters. The highest BCUT2D eigenvalue weighted by Gasteiger charge is 2.31. The Morgan fingerprint density at radius 3 is 2.52 bits per heavy atom. The molecule has 0 atom stereocenters. The minimum absolute atomic E-state index is 0.0106. The molecule has 1 aromatic carbocycles. The number of nitrogens with zero attached hydrogens (tertiary/aromatic N) is 2. The predicted molar refractivity (Wildman–Crippen MR) is 73.2 cm³/mol. The molecule has 1 aromatic heterocycles. The normalized spacial score (nSPS) is 11.2. The summed E-state index contributed by atoms with van der Waals surface area (Å²) in [5, 5.41) is 0. The van der Waals surface area contributed by atoms with Gasteiger partial charge in [-0.25, -0.2) is 4.79 Å². The standard InChI is InChI=1S/C14H13F3N2O4/c1-19-10(13(20)22-3)12(21-2)18-11(19)8-5-4-6-9(7-8)23-14(15,16)17/h4-7H,1-3H3. The number of carbonyl (C=O) groups excluding carboxylic acids is 1. The first-order valence-electron chi connectivity index (χ1n) is 6.32. The highest BCUT2D eigenvalue weighted by molar-refractivity contribution is 5.91. The summed E-state index contributed by atoms with van der Waals surface area (Å²) in [7, 11) is 4.04. The lowest BCUT2D eigenvalue weighted by molar-refractivity contribution is -0.274. The number of halogens is 3. The summed E-state index contributed by atoms with van der Waals surface area (Å²) < 4.78 is 51.8. The molecule has 0 spiro atoms.